The average molecular weight is 298 g/mol. The first-order chi connectivity index (χ1) is 10.2. The lowest BCUT2D eigenvalue weighted by Crippen LogP contribution is -2.07. The highest BCUT2D eigenvalue weighted by atomic mass is 35.5. The number of H-pyrrole nitrogens is 1. The van der Waals surface area contributed by atoms with Gasteiger partial charge >= 0.3 is 0 Å². The predicted octanol–water partition coefficient (Wildman–Crippen LogP) is 4.14. The van der Waals surface area contributed by atoms with Gasteiger partial charge in [-0.2, -0.15) is 0 Å². The van der Waals surface area contributed by atoms with Crippen LogP contribution in [0.1, 0.15) is 22.0 Å². The molecule has 1 aliphatic heterocycles. The highest BCUT2D eigenvalue weighted by Crippen LogP contribution is 2.41. The molecular weight excluding hydrogens is 286 g/mol. The van der Waals surface area contributed by atoms with Gasteiger partial charge in [0, 0.05) is 27.7 Å². The van der Waals surface area contributed by atoms with E-state index in [1.54, 1.807) is 6.20 Å². The number of epoxide rings is 1. The number of carbonyl (C=O) groups is 1. The number of ketones is 1. The fraction of sp³-hybridized carbons (Fsp3) is 0.118. The lowest BCUT2D eigenvalue weighted by molar-refractivity contribution is 0.0955. The molecule has 2 heterocycles. The third-order valence-corrected chi connectivity index (χ3v) is 4.06. The Morgan fingerprint density at radius 3 is 2.67 bits per heavy atom. The maximum Gasteiger partial charge on any atom is 0.196 e. The van der Waals surface area contributed by atoms with Crippen LogP contribution in [0.3, 0.4) is 0 Å². The molecule has 1 N–H and O–H groups in total. The number of Topliss-reactive ketones (excluding diaryl/α,β-unsaturated/α-hetero) is 1. The molecule has 2 atom stereocenters. The van der Waals surface area contributed by atoms with Gasteiger partial charge in [0.2, 0.25) is 0 Å². The number of benzene rings is 2. The topological polar surface area (TPSA) is 45.4 Å². The predicted molar refractivity (Wildman–Crippen MR) is 81.7 cm³/mol. The van der Waals surface area contributed by atoms with Crippen molar-refractivity contribution in [2.45, 2.75) is 12.2 Å². The van der Waals surface area contributed by atoms with Crippen molar-refractivity contribution in [3.8, 4) is 0 Å². The van der Waals surface area contributed by atoms with Crippen LogP contribution >= 0.6 is 11.6 Å². The van der Waals surface area contributed by atoms with E-state index in [1.165, 1.54) is 0 Å². The molecule has 3 aromatic rings. The van der Waals surface area contributed by atoms with Gasteiger partial charge in [0.25, 0.3) is 0 Å². The van der Waals surface area contributed by atoms with E-state index < -0.39 is 6.10 Å². The van der Waals surface area contributed by atoms with E-state index in [0.29, 0.717) is 10.6 Å². The van der Waals surface area contributed by atoms with Gasteiger partial charge in [0.1, 0.15) is 6.10 Å². The summed E-state index contributed by atoms with van der Waals surface area (Å²) in [4.78, 5) is 15.7. The second kappa shape index (κ2) is 4.72. The Bertz CT molecular complexity index is 822. The first kappa shape index (κ1) is 12.6. The molecule has 1 aromatic heterocycles. The normalized spacial score (nSPS) is 20.6. The molecule has 4 heteroatoms. The van der Waals surface area contributed by atoms with Gasteiger partial charge < -0.3 is 9.72 Å². The lowest BCUT2D eigenvalue weighted by atomic mass is 10.0. The van der Waals surface area contributed by atoms with Crippen LogP contribution in [0.5, 0.6) is 0 Å². The zero-order chi connectivity index (χ0) is 14.4. The Morgan fingerprint density at radius 1 is 1.10 bits per heavy atom. The number of nitrogens with one attached hydrogen (secondary N) is 1. The highest BCUT2D eigenvalue weighted by Gasteiger charge is 2.46. The van der Waals surface area contributed by atoms with E-state index in [4.69, 9.17) is 16.3 Å². The van der Waals surface area contributed by atoms with Crippen molar-refractivity contribution < 1.29 is 9.53 Å². The van der Waals surface area contributed by atoms with Crippen LogP contribution in [0.25, 0.3) is 10.9 Å². The quantitative estimate of drug-likeness (QED) is 0.583. The molecule has 0 radical (unpaired) electrons. The van der Waals surface area contributed by atoms with E-state index in [0.717, 1.165) is 16.5 Å². The number of aromatic nitrogens is 1. The molecule has 2 unspecified atom stereocenters. The minimum atomic E-state index is -0.398. The van der Waals surface area contributed by atoms with Crippen LogP contribution in [-0.4, -0.2) is 16.9 Å². The Hall–Kier alpha value is -2.10. The van der Waals surface area contributed by atoms with Crippen molar-refractivity contribution in [2.75, 3.05) is 0 Å². The SMILES string of the molecule is O=C(c1c[nH]c2ccccc12)C1OC1c1ccc(Cl)cc1. The number of halogens is 1. The molecular formula is C17H12ClNO2. The lowest BCUT2D eigenvalue weighted by Gasteiger charge is -1.97. The average Bonchev–Trinajstić information content (AvgIpc) is 3.19. The Kier molecular flexibility index (Phi) is 2.84. The molecule has 0 bridgehead atoms. The van der Waals surface area contributed by atoms with E-state index in [-0.39, 0.29) is 11.9 Å². The molecule has 0 spiro atoms. The number of hydrogen-bond donors (Lipinski definition) is 1. The smallest absolute Gasteiger partial charge is 0.196 e. The van der Waals surface area contributed by atoms with Crippen LogP contribution < -0.4 is 0 Å². The van der Waals surface area contributed by atoms with Gasteiger partial charge in [-0.05, 0) is 23.8 Å². The largest absolute Gasteiger partial charge is 0.360 e. The van der Waals surface area contributed by atoms with E-state index in [2.05, 4.69) is 4.98 Å². The molecule has 0 aliphatic carbocycles. The van der Waals surface area contributed by atoms with Crippen molar-refractivity contribution in [1.29, 1.82) is 0 Å². The van der Waals surface area contributed by atoms with Crippen LogP contribution in [0, 0.1) is 0 Å². The second-order valence-electron chi connectivity index (χ2n) is 5.14. The molecule has 1 aliphatic rings. The zero-order valence-electron chi connectivity index (χ0n) is 11.0. The molecule has 1 fully saturated rings. The molecule has 4 rings (SSSR count). The molecule has 2 aromatic carbocycles. The van der Waals surface area contributed by atoms with Gasteiger partial charge in [-0.25, -0.2) is 0 Å². The van der Waals surface area contributed by atoms with E-state index >= 15 is 0 Å². The third-order valence-electron chi connectivity index (χ3n) is 3.80. The summed E-state index contributed by atoms with van der Waals surface area (Å²) in [6, 6.07) is 15.2. The fourth-order valence-electron chi connectivity index (χ4n) is 2.65. The minimum absolute atomic E-state index is 0.0207. The number of carbonyl (C=O) groups excluding carboxylic acids is 1. The summed E-state index contributed by atoms with van der Waals surface area (Å²) >= 11 is 5.87. The summed E-state index contributed by atoms with van der Waals surface area (Å²) in [6.45, 7) is 0. The molecule has 0 amide bonds. The Labute approximate surface area is 126 Å². The molecule has 0 saturated carbocycles. The minimum Gasteiger partial charge on any atom is -0.360 e. The van der Waals surface area contributed by atoms with Crippen molar-refractivity contribution >= 4 is 28.3 Å². The molecule has 104 valence electrons. The maximum atomic E-state index is 12.6. The first-order valence-electron chi connectivity index (χ1n) is 6.75. The number of para-hydroxylation sites is 1. The number of aromatic amines is 1. The highest BCUT2D eigenvalue weighted by molar-refractivity contribution is 6.30. The second-order valence-corrected chi connectivity index (χ2v) is 5.58. The summed E-state index contributed by atoms with van der Waals surface area (Å²) in [5, 5.41) is 1.62. The summed E-state index contributed by atoms with van der Waals surface area (Å²) in [6.07, 6.45) is 1.20. The summed E-state index contributed by atoms with van der Waals surface area (Å²) in [5.74, 6) is 0.0207. The van der Waals surface area contributed by atoms with Crippen molar-refractivity contribution in [3.05, 3.63) is 70.9 Å². The Morgan fingerprint density at radius 2 is 1.86 bits per heavy atom. The monoisotopic (exact) mass is 297 g/mol. The van der Waals surface area contributed by atoms with E-state index in [9.17, 15) is 4.79 Å². The number of hydrogen-bond acceptors (Lipinski definition) is 2. The van der Waals surface area contributed by atoms with Gasteiger partial charge in [-0.3, -0.25) is 4.79 Å². The third kappa shape index (κ3) is 2.15. The molecule has 1 saturated heterocycles. The summed E-state index contributed by atoms with van der Waals surface area (Å²) in [5.41, 5.74) is 2.63. The van der Waals surface area contributed by atoms with Crippen LogP contribution in [0.2, 0.25) is 5.02 Å². The maximum absolute atomic E-state index is 12.6. The van der Waals surface area contributed by atoms with Crippen molar-refractivity contribution in [3.63, 3.8) is 0 Å². The van der Waals surface area contributed by atoms with E-state index in [1.807, 2.05) is 48.5 Å². The van der Waals surface area contributed by atoms with Gasteiger partial charge in [-0.15, -0.1) is 0 Å². The van der Waals surface area contributed by atoms with Crippen LogP contribution in [-0.2, 0) is 4.74 Å². The zero-order valence-corrected chi connectivity index (χ0v) is 11.8. The molecule has 21 heavy (non-hydrogen) atoms. The number of rotatable bonds is 3. The van der Waals surface area contributed by atoms with Crippen LogP contribution in [0.4, 0.5) is 0 Å². The van der Waals surface area contributed by atoms with Gasteiger partial charge in [0.15, 0.2) is 11.9 Å². The van der Waals surface area contributed by atoms with Gasteiger partial charge in [0.05, 0.1) is 0 Å². The Balaban J connectivity index is 1.61. The first-order valence-corrected chi connectivity index (χ1v) is 7.13. The fourth-order valence-corrected chi connectivity index (χ4v) is 2.77. The summed E-state index contributed by atoms with van der Waals surface area (Å²) in [7, 11) is 0. The van der Waals surface area contributed by atoms with Crippen molar-refractivity contribution in [2.24, 2.45) is 0 Å². The number of fused-ring (bicyclic) bond motifs is 1. The number of ether oxygens (including phenoxy) is 1. The van der Waals surface area contributed by atoms with Gasteiger partial charge in [-0.1, -0.05) is 41.9 Å². The van der Waals surface area contributed by atoms with Crippen LogP contribution in [0.15, 0.2) is 54.7 Å². The summed E-state index contributed by atoms with van der Waals surface area (Å²) < 4.78 is 5.57. The molecule has 3 nitrogen and oxygen atoms in total. The standard InChI is InChI=1S/C17H12ClNO2/c18-11-7-5-10(6-8-11)16-17(21-16)15(20)13-9-19-14-4-2-1-3-12(13)14/h1-9,16-17,19H. The van der Waals surface area contributed by atoms with Crippen molar-refractivity contribution in [1.82, 2.24) is 4.98 Å².